The molecule has 1 aromatic heterocycles. The van der Waals surface area contributed by atoms with Crippen LogP contribution in [0.3, 0.4) is 0 Å². The van der Waals surface area contributed by atoms with Crippen LogP contribution >= 0.6 is 0 Å². The Morgan fingerprint density at radius 2 is 1.81 bits per heavy atom. The van der Waals surface area contributed by atoms with E-state index >= 15 is 0 Å². The minimum absolute atomic E-state index is 0.269. The van der Waals surface area contributed by atoms with Crippen molar-refractivity contribution in [3.05, 3.63) is 48.3 Å². The first-order chi connectivity index (χ1) is 7.78. The van der Waals surface area contributed by atoms with Crippen molar-refractivity contribution in [3.63, 3.8) is 0 Å². The molecule has 0 aliphatic carbocycles. The number of nitrogens with one attached hydrogen (secondary N) is 2. The Balaban J connectivity index is 2.20. The zero-order valence-electron chi connectivity index (χ0n) is 8.87. The average Bonchev–Trinajstić information content (AvgIpc) is 2.29. The Kier molecular flexibility index (Phi) is 3.00. The van der Waals surface area contributed by atoms with E-state index in [4.69, 9.17) is 0 Å². The van der Waals surface area contributed by atoms with E-state index in [0.29, 0.717) is 11.5 Å². The minimum Gasteiger partial charge on any atom is -0.373 e. The van der Waals surface area contributed by atoms with Crippen molar-refractivity contribution >= 4 is 17.3 Å². The monoisotopic (exact) mass is 217 g/mol. The highest BCUT2D eigenvalue weighted by atomic mass is 19.1. The van der Waals surface area contributed by atoms with Crippen molar-refractivity contribution in [2.45, 2.75) is 0 Å². The second-order valence-electron chi connectivity index (χ2n) is 3.29. The van der Waals surface area contributed by atoms with Gasteiger partial charge in [-0.2, -0.15) is 0 Å². The van der Waals surface area contributed by atoms with E-state index in [1.54, 1.807) is 19.2 Å². The Morgan fingerprint density at radius 1 is 1.06 bits per heavy atom. The molecule has 0 unspecified atom stereocenters. The van der Waals surface area contributed by atoms with Crippen LogP contribution in [0, 0.1) is 5.82 Å². The summed E-state index contributed by atoms with van der Waals surface area (Å²) in [5.74, 6) is 1.17. The Labute approximate surface area is 93.3 Å². The Morgan fingerprint density at radius 3 is 2.56 bits per heavy atom. The molecule has 16 heavy (non-hydrogen) atoms. The molecule has 0 fully saturated rings. The van der Waals surface area contributed by atoms with Gasteiger partial charge in [0, 0.05) is 12.7 Å². The summed E-state index contributed by atoms with van der Waals surface area (Å²) in [6, 6.07) is 11.8. The van der Waals surface area contributed by atoms with Gasteiger partial charge < -0.3 is 10.6 Å². The molecule has 82 valence electrons. The van der Waals surface area contributed by atoms with Gasteiger partial charge in [-0.1, -0.05) is 12.1 Å². The highest BCUT2D eigenvalue weighted by Gasteiger charge is 1.98. The summed E-state index contributed by atoms with van der Waals surface area (Å²) in [6.07, 6.45) is 0. The van der Waals surface area contributed by atoms with Gasteiger partial charge >= 0.3 is 0 Å². The van der Waals surface area contributed by atoms with Crippen molar-refractivity contribution in [2.75, 3.05) is 17.7 Å². The van der Waals surface area contributed by atoms with E-state index < -0.39 is 0 Å². The van der Waals surface area contributed by atoms with E-state index in [1.165, 1.54) is 12.1 Å². The van der Waals surface area contributed by atoms with Crippen LogP contribution in [0.15, 0.2) is 42.5 Å². The molecule has 0 bridgehead atoms. The van der Waals surface area contributed by atoms with Crippen LogP contribution in [0.4, 0.5) is 21.7 Å². The fraction of sp³-hybridized carbons (Fsp3) is 0.0833. The minimum atomic E-state index is -0.269. The largest absolute Gasteiger partial charge is 0.373 e. The zero-order valence-corrected chi connectivity index (χ0v) is 8.87. The second kappa shape index (κ2) is 4.61. The van der Waals surface area contributed by atoms with Gasteiger partial charge in [-0.15, -0.1) is 0 Å². The summed E-state index contributed by atoms with van der Waals surface area (Å²) in [5.41, 5.74) is 0.681. The summed E-state index contributed by atoms with van der Waals surface area (Å²) in [6.45, 7) is 0. The molecule has 0 atom stereocenters. The lowest BCUT2D eigenvalue weighted by molar-refractivity contribution is 0.628. The van der Waals surface area contributed by atoms with Crippen LogP contribution in [0.5, 0.6) is 0 Å². The lowest BCUT2D eigenvalue weighted by Crippen LogP contribution is -1.97. The normalized spacial score (nSPS) is 9.88. The smallest absolute Gasteiger partial charge is 0.132 e. The highest BCUT2D eigenvalue weighted by molar-refractivity contribution is 5.57. The number of anilines is 3. The number of hydrogen-bond donors (Lipinski definition) is 2. The van der Waals surface area contributed by atoms with Gasteiger partial charge in [-0.25, -0.2) is 9.37 Å². The van der Waals surface area contributed by atoms with E-state index in [0.717, 1.165) is 5.82 Å². The van der Waals surface area contributed by atoms with E-state index in [1.807, 2.05) is 18.2 Å². The van der Waals surface area contributed by atoms with Gasteiger partial charge in [0.15, 0.2) is 0 Å². The van der Waals surface area contributed by atoms with Gasteiger partial charge in [0.1, 0.15) is 17.5 Å². The molecule has 1 aromatic carbocycles. The average molecular weight is 217 g/mol. The lowest BCUT2D eigenvalue weighted by Gasteiger charge is -2.07. The topological polar surface area (TPSA) is 37.0 Å². The third-order valence-electron chi connectivity index (χ3n) is 2.10. The highest BCUT2D eigenvalue weighted by Crippen LogP contribution is 2.16. The summed E-state index contributed by atoms with van der Waals surface area (Å²) in [5, 5.41) is 5.97. The fourth-order valence-corrected chi connectivity index (χ4v) is 1.36. The summed E-state index contributed by atoms with van der Waals surface area (Å²) in [4.78, 5) is 4.27. The molecule has 2 aromatic rings. The molecular weight excluding hydrogens is 205 g/mol. The van der Waals surface area contributed by atoms with Crippen molar-refractivity contribution in [1.82, 2.24) is 4.98 Å². The second-order valence-corrected chi connectivity index (χ2v) is 3.29. The fourth-order valence-electron chi connectivity index (χ4n) is 1.36. The Bertz CT molecular complexity index is 485. The predicted octanol–water partition coefficient (Wildman–Crippen LogP) is 3.01. The first-order valence-electron chi connectivity index (χ1n) is 4.95. The van der Waals surface area contributed by atoms with Crippen LogP contribution in [0.1, 0.15) is 0 Å². The molecule has 0 aliphatic rings. The quantitative estimate of drug-likeness (QED) is 0.829. The summed E-state index contributed by atoms with van der Waals surface area (Å²) < 4.78 is 12.9. The molecule has 1 heterocycles. The number of pyridine rings is 1. The maximum atomic E-state index is 12.9. The molecule has 2 rings (SSSR count). The number of benzene rings is 1. The SMILES string of the molecule is CNc1cccc(Nc2cccc(F)c2)n1. The third kappa shape index (κ3) is 2.48. The molecule has 0 spiro atoms. The van der Waals surface area contributed by atoms with Crippen molar-refractivity contribution in [3.8, 4) is 0 Å². The molecule has 3 nitrogen and oxygen atoms in total. The maximum Gasteiger partial charge on any atom is 0.132 e. The third-order valence-corrected chi connectivity index (χ3v) is 2.10. The molecule has 0 saturated carbocycles. The number of rotatable bonds is 3. The number of hydrogen-bond acceptors (Lipinski definition) is 3. The zero-order chi connectivity index (χ0) is 11.4. The van der Waals surface area contributed by atoms with Crippen LogP contribution in [-0.2, 0) is 0 Å². The lowest BCUT2D eigenvalue weighted by atomic mass is 10.3. The first-order valence-corrected chi connectivity index (χ1v) is 4.95. The maximum absolute atomic E-state index is 12.9. The molecule has 0 aliphatic heterocycles. The standard InChI is InChI=1S/C12H12FN3/c1-14-11-6-3-7-12(16-11)15-10-5-2-4-9(13)8-10/h2-8H,1H3,(H2,14,15,16). The molecule has 2 N–H and O–H groups in total. The van der Waals surface area contributed by atoms with Gasteiger partial charge in [0.25, 0.3) is 0 Å². The van der Waals surface area contributed by atoms with Crippen LogP contribution in [0.2, 0.25) is 0 Å². The van der Waals surface area contributed by atoms with Gasteiger partial charge in [0.05, 0.1) is 0 Å². The summed E-state index contributed by atoms with van der Waals surface area (Å²) >= 11 is 0. The van der Waals surface area contributed by atoms with E-state index in [2.05, 4.69) is 15.6 Å². The van der Waals surface area contributed by atoms with Crippen molar-refractivity contribution in [1.29, 1.82) is 0 Å². The van der Waals surface area contributed by atoms with E-state index in [-0.39, 0.29) is 5.82 Å². The van der Waals surface area contributed by atoms with Crippen LogP contribution < -0.4 is 10.6 Å². The van der Waals surface area contributed by atoms with Gasteiger partial charge in [-0.05, 0) is 30.3 Å². The number of halogens is 1. The Hall–Kier alpha value is -2.10. The molecule has 4 heteroatoms. The molecular formula is C12H12FN3. The van der Waals surface area contributed by atoms with Crippen molar-refractivity contribution < 1.29 is 4.39 Å². The summed E-state index contributed by atoms with van der Waals surface area (Å²) in [7, 11) is 1.80. The first kappa shape index (κ1) is 10.4. The predicted molar refractivity (Wildman–Crippen MR) is 63.5 cm³/mol. The van der Waals surface area contributed by atoms with Crippen LogP contribution in [0.25, 0.3) is 0 Å². The molecule has 0 radical (unpaired) electrons. The molecule has 0 saturated heterocycles. The van der Waals surface area contributed by atoms with E-state index in [9.17, 15) is 4.39 Å². The van der Waals surface area contributed by atoms with Gasteiger partial charge in [0.2, 0.25) is 0 Å². The van der Waals surface area contributed by atoms with Crippen molar-refractivity contribution in [2.24, 2.45) is 0 Å². The van der Waals surface area contributed by atoms with Gasteiger partial charge in [-0.3, -0.25) is 0 Å². The number of nitrogens with zero attached hydrogens (tertiary/aromatic N) is 1. The van der Waals surface area contributed by atoms with Crippen LogP contribution in [-0.4, -0.2) is 12.0 Å². The molecule has 0 amide bonds. The number of aromatic nitrogens is 1.